The minimum Gasteiger partial charge on any atom is -0.507 e. The van der Waals surface area contributed by atoms with E-state index in [2.05, 4.69) is 40.5 Å². The van der Waals surface area contributed by atoms with E-state index in [1.807, 2.05) is 12.1 Å². The minimum atomic E-state index is 0.420. The summed E-state index contributed by atoms with van der Waals surface area (Å²) in [5, 5.41) is 13.0. The SMILES string of the molecule is Cc1c(O)c2ccccc2c2c1sc(=NC1CCCCC1)n2CCCN1CCN(C)CC1. The Morgan fingerprint density at radius 2 is 1.72 bits per heavy atom. The molecule has 1 N–H and O–H groups in total. The number of hydrogen-bond donors (Lipinski definition) is 1. The number of piperazine rings is 1. The van der Waals surface area contributed by atoms with E-state index in [-0.39, 0.29) is 0 Å². The fraction of sp³-hybridized carbons (Fsp3) is 0.577. The average molecular weight is 453 g/mol. The molecule has 0 atom stereocenters. The zero-order chi connectivity index (χ0) is 22.1. The van der Waals surface area contributed by atoms with Crippen LogP contribution in [0.3, 0.4) is 0 Å². The van der Waals surface area contributed by atoms with Crippen molar-refractivity contribution in [1.29, 1.82) is 0 Å². The highest BCUT2D eigenvalue weighted by Gasteiger charge is 2.19. The number of hydrogen-bond acceptors (Lipinski definition) is 5. The van der Waals surface area contributed by atoms with Gasteiger partial charge in [0.1, 0.15) is 5.75 Å². The maximum atomic E-state index is 10.9. The van der Waals surface area contributed by atoms with Gasteiger partial charge in [0.2, 0.25) is 0 Å². The zero-order valence-corrected chi connectivity index (χ0v) is 20.3. The van der Waals surface area contributed by atoms with Gasteiger partial charge < -0.3 is 19.5 Å². The molecule has 2 aromatic carbocycles. The molecule has 0 amide bonds. The molecule has 0 unspecified atom stereocenters. The molecule has 172 valence electrons. The third-order valence-corrected chi connectivity index (χ3v) is 8.57. The molecule has 1 aliphatic carbocycles. The molecular formula is C26H36N4OS. The average Bonchev–Trinajstić information content (AvgIpc) is 3.18. The first-order valence-corrected chi connectivity index (χ1v) is 13.1. The minimum absolute atomic E-state index is 0.420. The smallest absolute Gasteiger partial charge is 0.186 e. The molecule has 2 aliphatic rings. The molecule has 0 radical (unpaired) electrons. The van der Waals surface area contributed by atoms with Crippen molar-refractivity contribution in [3.8, 4) is 5.75 Å². The summed E-state index contributed by atoms with van der Waals surface area (Å²) in [6.07, 6.45) is 7.49. The number of phenolic OH excluding ortho intramolecular Hbond substituents is 1. The van der Waals surface area contributed by atoms with Gasteiger partial charge in [-0.05, 0) is 39.8 Å². The van der Waals surface area contributed by atoms with Crippen LogP contribution in [0.15, 0.2) is 29.3 Å². The molecule has 2 heterocycles. The third kappa shape index (κ3) is 4.33. The molecule has 32 heavy (non-hydrogen) atoms. The monoisotopic (exact) mass is 452 g/mol. The second-order valence-corrected chi connectivity index (χ2v) is 10.6. The maximum absolute atomic E-state index is 10.9. The standard InChI is InChI=1S/C26H36N4OS/c1-19-24(31)22-12-7-6-11-21(22)23-25(19)32-26(27-20-9-4-3-5-10-20)30(23)14-8-13-29-17-15-28(2)16-18-29/h6-7,11-12,20,31H,3-5,8-10,13-18H2,1-2H3. The molecule has 1 saturated carbocycles. The van der Waals surface area contributed by atoms with Crippen LogP contribution in [0.5, 0.6) is 5.75 Å². The summed E-state index contributed by atoms with van der Waals surface area (Å²) >= 11 is 1.78. The van der Waals surface area contributed by atoms with E-state index in [0.717, 1.165) is 40.6 Å². The quantitative estimate of drug-likeness (QED) is 0.608. The van der Waals surface area contributed by atoms with Crippen molar-refractivity contribution in [2.24, 2.45) is 4.99 Å². The number of fused-ring (bicyclic) bond motifs is 3. The molecule has 2 fully saturated rings. The molecule has 1 aromatic heterocycles. The van der Waals surface area contributed by atoms with Crippen LogP contribution in [0.2, 0.25) is 0 Å². The lowest BCUT2D eigenvalue weighted by atomic mass is 9.96. The number of phenols is 1. The van der Waals surface area contributed by atoms with Gasteiger partial charge in [-0.3, -0.25) is 4.99 Å². The number of aromatic nitrogens is 1. The van der Waals surface area contributed by atoms with Gasteiger partial charge in [0, 0.05) is 49.1 Å². The highest BCUT2D eigenvalue weighted by atomic mass is 32.1. The molecule has 0 spiro atoms. The molecular weight excluding hydrogens is 416 g/mol. The van der Waals surface area contributed by atoms with E-state index >= 15 is 0 Å². The van der Waals surface area contributed by atoms with Crippen molar-refractivity contribution in [3.05, 3.63) is 34.6 Å². The largest absolute Gasteiger partial charge is 0.507 e. The number of aryl methyl sites for hydroxylation is 2. The van der Waals surface area contributed by atoms with Gasteiger partial charge in [-0.2, -0.15) is 0 Å². The number of thiazole rings is 1. The lowest BCUT2D eigenvalue weighted by Crippen LogP contribution is -2.44. The number of rotatable bonds is 5. The predicted molar refractivity (Wildman–Crippen MR) is 135 cm³/mol. The third-order valence-electron chi connectivity index (χ3n) is 7.36. The zero-order valence-electron chi connectivity index (χ0n) is 19.5. The molecule has 5 rings (SSSR count). The van der Waals surface area contributed by atoms with Crippen LogP contribution in [0.1, 0.15) is 44.1 Å². The summed E-state index contributed by atoms with van der Waals surface area (Å²) in [5.74, 6) is 0.420. The van der Waals surface area contributed by atoms with Gasteiger partial charge in [-0.25, -0.2) is 0 Å². The Morgan fingerprint density at radius 3 is 2.47 bits per heavy atom. The van der Waals surface area contributed by atoms with E-state index in [4.69, 9.17) is 4.99 Å². The van der Waals surface area contributed by atoms with Gasteiger partial charge in [0.25, 0.3) is 0 Å². The van der Waals surface area contributed by atoms with Crippen LogP contribution in [0, 0.1) is 6.92 Å². The van der Waals surface area contributed by atoms with E-state index in [9.17, 15) is 5.11 Å². The fourth-order valence-corrected chi connectivity index (χ4v) is 6.58. The molecule has 1 aliphatic heterocycles. The molecule has 6 heteroatoms. The lowest BCUT2D eigenvalue weighted by molar-refractivity contribution is 0.151. The van der Waals surface area contributed by atoms with Crippen LogP contribution in [-0.2, 0) is 6.54 Å². The van der Waals surface area contributed by atoms with E-state index in [1.54, 1.807) is 11.3 Å². The Balaban J connectivity index is 1.54. The number of aromatic hydroxyl groups is 1. The van der Waals surface area contributed by atoms with Crippen LogP contribution < -0.4 is 4.80 Å². The Kier molecular flexibility index (Phi) is 6.54. The van der Waals surface area contributed by atoms with Gasteiger partial charge in [-0.15, -0.1) is 0 Å². The van der Waals surface area contributed by atoms with Crippen molar-refractivity contribution in [2.45, 2.75) is 58.0 Å². The van der Waals surface area contributed by atoms with Crippen molar-refractivity contribution in [2.75, 3.05) is 39.8 Å². The van der Waals surface area contributed by atoms with Gasteiger partial charge in [0.05, 0.1) is 16.3 Å². The molecule has 5 nitrogen and oxygen atoms in total. The normalized spacial score (nSPS) is 20.0. The van der Waals surface area contributed by atoms with Crippen molar-refractivity contribution >= 4 is 32.3 Å². The van der Waals surface area contributed by atoms with Crippen LogP contribution in [-0.4, -0.2) is 65.3 Å². The summed E-state index contributed by atoms with van der Waals surface area (Å²) in [7, 11) is 2.21. The topological polar surface area (TPSA) is 44.0 Å². The number of benzene rings is 2. The maximum Gasteiger partial charge on any atom is 0.186 e. The van der Waals surface area contributed by atoms with Gasteiger partial charge in [0.15, 0.2) is 4.80 Å². The van der Waals surface area contributed by atoms with Crippen molar-refractivity contribution in [1.82, 2.24) is 14.4 Å². The van der Waals surface area contributed by atoms with Crippen molar-refractivity contribution in [3.63, 3.8) is 0 Å². The summed E-state index contributed by atoms with van der Waals surface area (Å²) < 4.78 is 3.66. The highest BCUT2D eigenvalue weighted by molar-refractivity contribution is 7.16. The van der Waals surface area contributed by atoms with E-state index in [1.165, 1.54) is 68.5 Å². The highest BCUT2D eigenvalue weighted by Crippen LogP contribution is 2.38. The Morgan fingerprint density at radius 1 is 1.00 bits per heavy atom. The Labute approximate surface area is 195 Å². The first-order chi connectivity index (χ1) is 15.6. The molecule has 3 aromatic rings. The van der Waals surface area contributed by atoms with Crippen molar-refractivity contribution < 1.29 is 5.11 Å². The lowest BCUT2D eigenvalue weighted by Gasteiger charge is -2.32. The molecule has 0 bridgehead atoms. The Bertz CT molecular complexity index is 1150. The van der Waals surface area contributed by atoms with Crippen LogP contribution >= 0.6 is 11.3 Å². The summed E-state index contributed by atoms with van der Waals surface area (Å²) in [6.45, 7) is 8.84. The second kappa shape index (κ2) is 9.54. The van der Waals surface area contributed by atoms with E-state index < -0.39 is 0 Å². The number of likely N-dealkylation sites (N-methyl/N-ethyl adjacent to an activating group) is 1. The molecule has 1 saturated heterocycles. The van der Waals surface area contributed by atoms with Crippen LogP contribution in [0.4, 0.5) is 0 Å². The first-order valence-electron chi connectivity index (χ1n) is 12.3. The Hall–Kier alpha value is -1.89. The summed E-state index contributed by atoms with van der Waals surface area (Å²) in [6, 6.07) is 8.75. The summed E-state index contributed by atoms with van der Waals surface area (Å²) in [5.41, 5.74) is 2.25. The predicted octanol–water partition coefficient (Wildman–Crippen LogP) is 4.74. The number of nitrogens with zero attached hydrogens (tertiary/aromatic N) is 4. The van der Waals surface area contributed by atoms with Crippen LogP contribution in [0.25, 0.3) is 21.0 Å². The van der Waals surface area contributed by atoms with E-state index in [0.29, 0.717) is 11.8 Å². The second-order valence-electron chi connectivity index (χ2n) is 9.65. The summed E-state index contributed by atoms with van der Waals surface area (Å²) in [4.78, 5) is 11.4. The first kappa shape index (κ1) is 21.9. The van der Waals surface area contributed by atoms with Gasteiger partial charge in [-0.1, -0.05) is 54.9 Å². The van der Waals surface area contributed by atoms with Gasteiger partial charge >= 0.3 is 0 Å². The fourth-order valence-electron chi connectivity index (χ4n) is 5.33.